The molecule has 0 saturated carbocycles. The lowest BCUT2D eigenvalue weighted by molar-refractivity contribution is -0.135. The molecule has 0 aliphatic carbocycles. The van der Waals surface area contributed by atoms with Crippen LogP contribution in [0.4, 0.5) is 4.79 Å². The van der Waals surface area contributed by atoms with Gasteiger partial charge in [-0.3, -0.25) is 0 Å². The van der Waals surface area contributed by atoms with E-state index in [4.69, 9.17) is 9.47 Å². The molecule has 0 radical (unpaired) electrons. The molecule has 2 fully saturated rings. The lowest BCUT2D eigenvalue weighted by atomic mass is 9.78. The molecular formula is C16H30N2O3. The summed E-state index contributed by atoms with van der Waals surface area (Å²) in [7, 11) is 0. The predicted octanol–water partition coefficient (Wildman–Crippen LogP) is 2.40. The first-order valence-electron chi connectivity index (χ1n) is 8.09. The summed E-state index contributed by atoms with van der Waals surface area (Å²) in [6.45, 7) is 13.3. The summed E-state index contributed by atoms with van der Waals surface area (Å²) in [5, 5.41) is 3.60. The highest BCUT2D eigenvalue weighted by Crippen LogP contribution is 2.35. The summed E-state index contributed by atoms with van der Waals surface area (Å²) in [4.78, 5) is 14.0. The Morgan fingerprint density at radius 1 is 1.33 bits per heavy atom. The number of nitrogens with one attached hydrogen (secondary N) is 1. The van der Waals surface area contributed by atoms with Crippen LogP contribution in [-0.4, -0.2) is 54.5 Å². The van der Waals surface area contributed by atoms with Crippen LogP contribution >= 0.6 is 0 Å². The Morgan fingerprint density at radius 3 is 2.48 bits per heavy atom. The van der Waals surface area contributed by atoms with Gasteiger partial charge < -0.3 is 19.7 Å². The summed E-state index contributed by atoms with van der Waals surface area (Å²) >= 11 is 0. The fraction of sp³-hybridized carbons (Fsp3) is 0.938. The molecule has 0 bridgehead atoms. The van der Waals surface area contributed by atoms with E-state index in [0.29, 0.717) is 25.0 Å². The van der Waals surface area contributed by atoms with E-state index in [1.54, 1.807) is 0 Å². The highest BCUT2D eigenvalue weighted by Gasteiger charge is 2.46. The van der Waals surface area contributed by atoms with Gasteiger partial charge in [-0.15, -0.1) is 0 Å². The fourth-order valence-corrected chi connectivity index (χ4v) is 3.44. The van der Waals surface area contributed by atoms with Crippen molar-refractivity contribution in [3.8, 4) is 0 Å². The van der Waals surface area contributed by atoms with Crippen LogP contribution in [0.3, 0.4) is 0 Å². The Hall–Kier alpha value is -0.810. The molecule has 2 saturated heterocycles. The molecule has 122 valence electrons. The normalized spacial score (nSPS) is 26.2. The molecule has 1 N–H and O–H groups in total. The zero-order chi connectivity index (χ0) is 15.7. The third-order valence-corrected chi connectivity index (χ3v) is 4.35. The van der Waals surface area contributed by atoms with Crippen LogP contribution in [0.25, 0.3) is 0 Å². The van der Waals surface area contributed by atoms with Gasteiger partial charge in [0.25, 0.3) is 0 Å². The van der Waals surface area contributed by atoms with Crippen LogP contribution in [0.2, 0.25) is 0 Å². The number of hydrogen-bond donors (Lipinski definition) is 1. The zero-order valence-electron chi connectivity index (χ0n) is 14.1. The second kappa shape index (κ2) is 6.13. The van der Waals surface area contributed by atoms with Crippen LogP contribution in [0.5, 0.6) is 0 Å². The Balaban J connectivity index is 1.97. The van der Waals surface area contributed by atoms with E-state index in [9.17, 15) is 4.79 Å². The largest absolute Gasteiger partial charge is 0.444 e. The van der Waals surface area contributed by atoms with Gasteiger partial charge >= 0.3 is 6.09 Å². The second-order valence-corrected chi connectivity index (χ2v) is 7.56. The van der Waals surface area contributed by atoms with Gasteiger partial charge in [0.05, 0.1) is 12.2 Å². The minimum atomic E-state index is -0.435. The van der Waals surface area contributed by atoms with Gasteiger partial charge in [-0.05, 0) is 39.5 Å². The van der Waals surface area contributed by atoms with Crippen molar-refractivity contribution in [1.82, 2.24) is 10.2 Å². The maximum atomic E-state index is 12.1. The number of hydrogen-bond acceptors (Lipinski definition) is 4. The molecule has 1 spiro atoms. The molecule has 1 atom stereocenters. The van der Waals surface area contributed by atoms with E-state index >= 15 is 0 Å². The molecule has 0 aromatic rings. The average Bonchev–Trinajstić information content (AvgIpc) is 2.37. The molecule has 2 aliphatic rings. The molecule has 5 nitrogen and oxygen atoms in total. The van der Waals surface area contributed by atoms with Crippen molar-refractivity contribution >= 4 is 6.09 Å². The lowest BCUT2D eigenvalue weighted by Gasteiger charge is -2.50. The molecule has 2 heterocycles. The van der Waals surface area contributed by atoms with Crippen LogP contribution in [0.1, 0.15) is 47.5 Å². The van der Waals surface area contributed by atoms with Crippen LogP contribution < -0.4 is 5.32 Å². The van der Waals surface area contributed by atoms with Crippen molar-refractivity contribution in [3.63, 3.8) is 0 Å². The Labute approximate surface area is 128 Å². The molecule has 5 heteroatoms. The predicted molar refractivity (Wildman–Crippen MR) is 82.4 cm³/mol. The van der Waals surface area contributed by atoms with E-state index in [1.165, 1.54) is 0 Å². The maximum Gasteiger partial charge on any atom is 0.410 e. The summed E-state index contributed by atoms with van der Waals surface area (Å²) in [6, 6.07) is 0.368. The summed E-state index contributed by atoms with van der Waals surface area (Å²) in [5.74, 6) is 0.526. The molecule has 2 aliphatic heterocycles. The van der Waals surface area contributed by atoms with Gasteiger partial charge in [-0.25, -0.2) is 4.79 Å². The van der Waals surface area contributed by atoms with E-state index in [1.807, 2.05) is 25.7 Å². The van der Waals surface area contributed by atoms with Gasteiger partial charge in [0.15, 0.2) is 0 Å². The summed E-state index contributed by atoms with van der Waals surface area (Å²) in [6.07, 6.45) is 1.55. The third-order valence-electron chi connectivity index (χ3n) is 4.35. The number of piperidine rings is 1. The monoisotopic (exact) mass is 298 g/mol. The first-order chi connectivity index (χ1) is 9.73. The number of carbonyl (C=O) groups is 1. The molecule has 0 aromatic carbocycles. The standard InChI is InChI=1S/C16H30N2O3/c1-12(2)13-16(20-11-8-17-13)6-9-18(10-7-16)14(19)21-15(3,4)5/h12-13,17H,6-11H2,1-5H3. The van der Waals surface area contributed by atoms with Crippen molar-refractivity contribution < 1.29 is 14.3 Å². The number of ether oxygens (including phenoxy) is 2. The number of nitrogens with zero attached hydrogens (tertiary/aromatic N) is 1. The van der Waals surface area contributed by atoms with Gasteiger partial charge in [0.2, 0.25) is 0 Å². The second-order valence-electron chi connectivity index (χ2n) is 7.56. The van der Waals surface area contributed by atoms with E-state index < -0.39 is 5.60 Å². The molecular weight excluding hydrogens is 268 g/mol. The first-order valence-corrected chi connectivity index (χ1v) is 8.09. The number of likely N-dealkylation sites (tertiary alicyclic amines) is 1. The topological polar surface area (TPSA) is 50.8 Å². The van der Waals surface area contributed by atoms with Crippen LogP contribution in [-0.2, 0) is 9.47 Å². The Bertz CT molecular complexity index is 368. The quantitative estimate of drug-likeness (QED) is 0.807. The fourth-order valence-electron chi connectivity index (χ4n) is 3.44. The van der Waals surface area contributed by atoms with Gasteiger partial charge in [-0.2, -0.15) is 0 Å². The third kappa shape index (κ3) is 3.89. The van der Waals surface area contributed by atoms with Crippen LogP contribution in [0.15, 0.2) is 0 Å². The average molecular weight is 298 g/mol. The Kier molecular flexibility index (Phi) is 4.83. The Morgan fingerprint density at radius 2 is 1.95 bits per heavy atom. The maximum absolute atomic E-state index is 12.1. The van der Waals surface area contributed by atoms with Gasteiger partial charge in [0.1, 0.15) is 5.60 Å². The highest BCUT2D eigenvalue weighted by atomic mass is 16.6. The molecule has 1 amide bonds. The molecule has 21 heavy (non-hydrogen) atoms. The van der Waals surface area contributed by atoms with E-state index in [2.05, 4.69) is 19.2 Å². The van der Waals surface area contributed by atoms with Crippen molar-refractivity contribution in [3.05, 3.63) is 0 Å². The molecule has 1 unspecified atom stereocenters. The summed E-state index contributed by atoms with van der Waals surface area (Å²) < 4.78 is 11.6. The minimum absolute atomic E-state index is 0.120. The van der Waals surface area contributed by atoms with Gasteiger partial charge in [0, 0.05) is 25.7 Å². The van der Waals surface area contributed by atoms with Gasteiger partial charge in [-0.1, -0.05) is 13.8 Å². The minimum Gasteiger partial charge on any atom is -0.444 e. The van der Waals surface area contributed by atoms with E-state index in [0.717, 1.165) is 26.0 Å². The highest BCUT2D eigenvalue weighted by molar-refractivity contribution is 5.68. The number of rotatable bonds is 1. The smallest absolute Gasteiger partial charge is 0.410 e. The zero-order valence-corrected chi connectivity index (χ0v) is 14.1. The number of amides is 1. The van der Waals surface area contributed by atoms with Crippen molar-refractivity contribution in [2.75, 3.05) is 26.2 Å². The molecule has 2 rings (SSSR count). The van der Waals surface area contributed by atoms with Crippen molar-refractivity contribution in [2.45, 2.75) is 64.7 Å². The van der Waals surface area contributed by atoms with Crippen molar-refractivity contribution in [1.29, 1.82) is 0 Å². The SMILES string of the molecule is CC(C)C1NCCOC12CCN(C(=O)OC(C)(C)C)CC2. The van der Waals surface area contributed by atoms with E-state index in [-0.39, 0.29) is 11.7 Å². The lowest BCUT2D eigenvalue weighted by Crippen LogP contribution is -2.64. The number of carbonyl (C=O) groups excluding carboxylic acids is 1. The first kappa shape index (κ1) is 16.6. The summed E-state index contributed by atoms with van der Waals surface area (Å²) in [5.41, 5.74) is -0.555. The molecule has 0 aromatic heterocycles. The number of morpholine rings is 1. The van der Waals surface area contributed by atoms with Crippen LogP contribution in [0, 0.1) is 5.92 Å². The van der Waals surface area contributed by atoms with Crippen molar-refractivity contribution in [2.24, 2.45) is 5.92 Å².